The summed E-state index contributed by atoms with van der Waals surface area (Å²) in [6.07, 6.45) is 0.290. The van der Waals surface area contributed by atoms with Gasteiger partial charge in [-0.05, 0) is 6.07 Å². The molecule has 4 N–H and O–H groups in total. The average Bonchev–Trinajstić information content (AvgIpc) is 2.57. The number of rotatable bonds is 4. The van der Waals surface area contributed by atoms with Crippen molar-refractivity contribution in [2.24, 2.45) is 11.5 Å². The van der Waals surface area contributed by atoms with E-state index >= 15 is 0 Å². The topological polar surface area (TPSA) is 81.6 Å². The molecule has 5 heteroatoms. The molecule has 0 saturated carbocycles. The van der Waals surface area contributed by atoms with E-state index < -0.39 is 0 Å². The highest BCUT2D eigenvalue weighted by Gasteiger charge is 2.22. The van der Waals surface area contributed by atoms with Crippen LogP contribution in [0.4, 0.5) is 0 Å². The molecule has 1 aromatic carbocycles. The molecule has 0 radical (unpaired) electrons. The lowest BCUT2D eigenvalue weighted by Gasteiger charge is -2.28. The van der Waals surface area contributed by atoms with Crippen LogP contribution < -0.4 is 16.2 Å². The molecule has 0 aromatic heterocycles. The number of carbonyl (C=O) groups is 1. The van der Waals surface area contributed by atoms with Crippen molar-refractivity contribution in [3.63, 3.8) is 0 Å². The Hall–Kier alpha value is -1.59. The van der Waals surface area contributed by atoms with E-state index in [1.807, 2.05) is 24.3 Å². The first-order valence-corrected chi connectivity index (χ1v) is 6.14. The van der Waals surface area contributed by atoms with E-state index in [0.29, 0.717) is 19.6 Å². The molecule has 1 aliphatic heterocycles. The molecule has 98 valence electrons. The molecule has 1 heterocycles. The monoisotopic (exact) mass is 249 g/mol. The van der Waals surface area contributed by atoms with Crippen molar-refractivity contribution in [1.82, 2.24) is 4.90 Å². The van der Waals surface area contributed by atoms with Crippen LogP contribution in [0.5, 0.6) is 5.75 Å². The zero-order chi connectivity index (χ0) is 13.0. The van der Waals surface area contributed by atoms with Gasteiger partial charge in [0.15, 0.2) is 0 Å². The lowest BCUT2D eigenvalue weighted by Crippen LogP contribution is -2.43. The molecule has 1 aliphatic rings. The van der Waals surface area contributed by atoms with Gasteiger partial charge in [0.2, 0.25) is 5.91 Å². The molecule has 1 aromatic rings. The van der Waals surface area contributed by atoms with Crippen molar-refractivity contribution in [1.29, 1.82) is 0 Å². The van der Waals surface area contributed by atoms with Gasteiger partial charge in [0, 0.05) is 37.7 Å². The van der Waals surface area contributed by atoms with Crippen LogP contribution in [0.1, 0.15) is 12.0 Å². The number of fused-ring (bicyclic) bond motifs is 1. The van der Waals surface area contributed by atoms with Crippen LogP contribution in [-0.2, 0) is 11.3 Å². The van der Waals surface area contributed by atoms with Gasteiger partial charge in [-0.1, -0.05) is 18.2 Å². The minimum atomic E-state index is -0.316. The van der Waals surface area contributed by atoms with Crippen molar-refractivity contribution < 1.29 is 9.53 Å². The predicted octanol–water partition coefficient (Wildman–Crippen LogP) is 0.0837. The van der Waals surface area contributed by atoms with Gasteiger partial charge in [0.25, 0.3) is 0 Å². The summed E-state index contributed by atoms with van der Waals surface area (Å²) in [6.45, 7) is 2.52. The summed E-state index contributed by atoms with van der Waals surface area (Å²) < 4.78 is 5.68. The maximum atomic E-state index is 11.1. The highest BCUT2D eigenvalue weighted by Crippen LogP contribution is 2.23. The maximum absolute atomic E-state index is 11.1. The number of amides is 1. The number of hydrogen-bond donors (Lipinski definition) is 2. The number of nitrogens with two attached hydrogens (primary N) is 2. The molecular formula is C13H19N3O2. The number of para-hydroxylation sites is 1. The van der Waals surface area contributed by atoms with Gasteiger partial charge in [-0.3, -0.25) is 9.69 Å². The smallest absolute Gasteiger partial charge is 0.219 e. The third-order valence-electron chi connectivity index (χ3n) is 3.21. The van der Waals surface area contributed by atoms with Gasteiger partial charge in [0.05, 0.1) is 0 Å². The van der Waals surface area contributed by atoms with Crippen LogP contribution in [0.2, 0.25) is 0 Å². The Labute approximate surface area is 107 Å². The molecule has 0 spiro atoms. The Morgan fingerprint density at radius 1 is 1.44 bits per heavy atom. The van der Waals surface area contributed by atoms with Crippen molar-refractivity contribution in [2.75, 3.05) is 19.7 Å². The van der Waals surface area contributed by atoms with Crippen LogP contribution in [-0.4, -0.2) is 36.5 Å². The van der Waals surface area contributed by atoms with Crippen LogP contribution in [0.3, 0.4) is 0 Å². The second-order valence-corrected chi connectivity index (χ2v) is 4.49. The van der Waals surface area contributed by atoms with Crippen LogP contribution in [0.25, 0.3) is 0 Å². The van der Waals surface area contributed by atoms with E-state index in [1.54, 1.807) is 0 Å². The first-order chi connectivity index (χ1) is 8.70. The number of hydrogen-bond acceptors (Lipinski definition) is 4. The minimum Gasteiger partial charge on any atom is -0.492 e. The van der Waals surface area contributed by atoms with E-state index in [9.17, 15) is 4.79 Å². The molecule has 5 nitrogen and oxygen atoms in total. The van der Waals surface area contributed by atoms with Gasteiger partial charge in [-0.15, -0.1) is 0 Å². The van der Waals surface area contributed by atoms with Crippen LogP contribution in [0, 0.1) is 0 Å². The number of nitrogens with zero attached hydrogens (tertiary/aromatic N) is 1. The van der Waals surface area contributed by atoms with Crippen molar-refractivity contribution in [3.05, 3.63) is 29.8 Å². The Bertz CT molecular complexity index is 422. The van der Waals surface area contributed by atoms with Crippen molar-refractivity contribution in [3.8, 4) is 5.75 Å². The first-order valence-electron chi connectivity index (χ1n) is 6.14. The fourth-order valence-corrected chi connectivity index (χ4v) is 2.25. The average molecular weight is 249 g/mol. The Morgan fingerprint density at radius 3 is 2.94 bits per heavy atom. The molecule has 1 unspecified atom stereocenters. The third kappa shape index (κ3) is 3.00. The highest BCUT2D eigenvalue weighted by atomic mass is 16.5. The Balaban J connectivity index is 2.13. The number of ether oxygens (including phenoxy) is 1. The molecule has 18 heavy (non-hydrogen) atoms. The second-order valence-electron chi connectivity index (χ2n) is 4.49. The minimum absolute atomic E-state index is 0.0164. The standard InChI is InChI=1S/C13H19N3O2/c14-8-11(7-13(15)17)16-5-6-18-12-4-2-1-3-10(12)9-16/h1-4,11H,5-9,14H2,(H2,15,17). The maximum Gasteiger partial charge on any atom is 0.219 e. The summed E-state index contributed by atoms with van der Waals surface area (Å²) in [7, 11) is 0. The molecule has 2 rings (SSSR count). The fraction of sp³-hybridized carbons (Fsp3) is 0.462. The SMILES string of the molecule is NCC(CC(N)=O)N1CCOc2ccccc2C1. The van der Waals surface area contributed by atoms with Crippen LogP contribution >= 0.6 is 0 Å². The molecule has 1 amide bonds. The molecule has 1 atom stereocenters. The number of benzene rings is 1. The summed E-state index contributed by atoms with van der Waals surface area (Å²) in [5, 5.41) is 0. The Kier molecular flexibility index (Phi) is 4.17. The van der Waals surface area contributed by atoms with Gasteiger partial charge in [0.1, 0.15) is 12.4 Å². The Morgan fingerprint density at radius 2 is 2.22 bits per heavy atom. The second kappa shape index (κ2) is 5.84. The van der Waals surface area contributed by atoms with Crippen molar-refractivity contribution in [2.45, 2.75) is 19.0 Å². The summed E-state index contributed by atoms with van der Waals surface area (Å²) in [4.78, 5) is 13.2. The zero-order valence-corrected chi connectivity index (χ0v) is 10.3. The predicted molar refractivity (Wildman–Crippen MR) is 69.0 cm³/mol. The first kappa shape index (κ1) is 12.9. The molecule has 0 bridgehead atoms. The van der Waals surface area contributed by atoms with Gasteiger partial charge in [-0.25, -0.2) is 0 Å². The summed E-state index contributed by atoms with van der Waals surface area (Å²) in [5.41, 5.74) is 12.1. The summed E-state index contributed by atoms with van der Waals surface area (Å²) in [5.74, 6) is 0.596. The lowest BCUT2D eigenvalue weighted by atomic mass is 10.1. The number of primary amides is 1. The largest absolute Gasteiger partial charge is 0.492 e. The summed E-state index contributed by atoms with van der Waals surface area (Å²) in [6, 6.07) is 7.92. The van der Waals surface area contributed by atoms with E-state index in [0.717, 1.165) is 24.4 Å². The molecule has 0 aliphatic carbocycles. The van der Waals surface area contributed by atoms with Crippen LogP contribution in [0.15, 0.2) is 24.3 Å². The van der Waals surface area contributed by atoms with Gasteiger partial charge < -0.3 is 16.2 Å². The molecule has 0 saturated heterocycles. The van der Waals surface area contributed by atoms with E-state index in [1.165, 1.54) is 0 Å². The van der Waals surface area contributed by atoms with E-state index in [2.05, 4.69) is 4.90 Å². The summed E-state index contributed by atoms with van der Waals surface area (Å²) >= 11 is 0. The lowest BCUT2D eigenvalue weighted by molar-refractivity contribution is -0.119. The van der Waals surface area contributed by atoms with Crippen molar-refractivity contribution >= 4 is 5.91 Å². The quantitative estimate of drug-likeness (QED) is 0.792. The van der Waals surface area contributed by atoms with Gasteiger partial charge in [-0.2, -0.15) is 0 Å². The third-order valence-corrected chi connectivity index (χ3v) is 3.21. The normalized spacial score (nSPS) is 17.4. The van der Waals surface area contributed by atoms with Gasteiger partial charge >= 0.3 is 0 Å². The van der Waals surface area contributed by atoms with E-state index in [-0.39, 0.29) is 11.9 Å². The van der Waals surface area contributed by atoms with E-state index in [4.69, 9.17) is 16.2 Å². The highest BCUT2D eigenvalue weighted by molar-refractivity contribution is 5.74. The zero-order valence-electron chi connectivity index (χ0n) is 10.3. The molecule has 0 fully saturated rings. The fourth-order valence-electron chi connectivity index (χ4n) is 2.25. The number of carbonyl (C=O) groups excluding carboxylic acids is 1. The molecular weight excluding hydrogens is 230 g/mol.